The number of imide groups is 1. The average Bonchev–Trinajstić information content (AvgIpc) is 2.72. The molecule has 0 radical (unpaired) electrons. The van der Waals surface area contributed by atoms with Crippen LogP contribution in [0.3, 0.4) is 0 Å². The van der Waals surface area contributed by atoms with Crippen LogP contribution in [0.4, 0.5) is 15.3 Å². The molecule has 3 heterocycles. The van der Waals surface area contributed by atoms with Crippen LogP contribution in [0.25, 0.3) is 10.8 Å². The van der Waals surface area contributed by atoms with Gasteiger partial charge in [-0.05, 0) is 32.8 Å². The number of benzene rings is 1. The van der Waals surface area contributed by atoms with E-state index in [9.17, 15) is 14.4 Å². The lowest BCUT2D eigenvalue weighted by Gasteiger charge is -2.35. The SMILES string of the molecule is CC(C)(C)OC(=O)N1CC=CCC1c1cccc2c(N3CCC(=O)NC3=O)cncc12. The molecule has 2 aromatic rings. The van der Waals surface area contributed by atoms with Crippen LogP contribution < -0.4 is 10.2 Å². The molecular formula is C23H26N4O4. The van der Waals surface area contributed by atoms with Crippen molar-refractivity contribution in [2.75, 3.05) is 18.0 Å². The fourth-order valence-corrected chi connectivity index (χ4v) is 3.99. The van der Waals surface area contributed by atoms with E-state index in [1.165, 1.54) is 4.90 Å². The van der Waals surface area contributed by atoms with Crippen molar-refractivity contribution in [3.05, 3.63) is 48.3 Å². The first-order valence-corrected chi connectivity index (χ1v) is 10.4. The topological polar surface area (TPSA) is 91.8 Å². The van der Waals surface area contributed by atoms with Crippen LogP contribution >= 0.6 is 0 Å². The van der Waals surface area contributed by atoms with Crippen molar-refractivity contribution in [2.45, 2.75) is 45.3 Å². The summed E-state index contributed by atoms with van der Waals surface area (Å²) in [4.78, 5) is 44.4. The zero-order valence-electron chi connectivity index (χ0n) is 17.9. The van der Waals surface area contributed by atoms with Crippen molar-refractivity contribution in [1.29, 1.82) is 0 Å². The number of carbonyl (C=O) groups excluding carboxylic acids is 3. The first-order chi connectivity index (χ1) is 14.7. The van der Waals surface area contributed by atoms with Gasteiger partial charge in [0.05, 0.1) is 17.9 Å². The number of carbonyl (C=O) groups is 3. The van der Waals surface area contributed by atoms with Gasteiger partial charge in [-0.1, -0.05) is 30.4 Å². The highest BCUT2D eigenvalue weighted by molar-refractivity contribution is 6.10. The first-order valence-electron chi connectivity index (χ1n) is 10.4. The highest BCUT2D eigenvalue weighted by Gasteiger charge is 2.32. The van der Waals surface area contributed by atoms with Gasteiger partial charge < -0.3 is 4.74 Å². The molecule has 2 aliphatic rings. The quantitative estimate of drug-likeness (QED) is 0.741. The van der Waals surface area contributed by atoms with Gasteiger partial charge in [0.1, 0.15) is 5.60 Å². The Morgan fingerprint density at radius 2 is 1.97 bits per heavy atom. The third-order valence-corrected chi connectivity index (χ3v) is 5.35. The molecule has 1 fully saturated rings. The highest BCUT2D eigenvalue weighted by Crippen LogP contribution is 2.36. The Labute approximate surface area is 180 Å². The maximum absolute atomic E-state index is 12.9. The molecule has 1 unspecified atom stereocenters. The van der Waals surface area contributed by atoms with E-state index >= 15 is 0 Å². The average molecular weight is 422 g/mol. The Bertz CT molecular complexity index is 1070. The molecule has 4 amide bonds. The summed E-state index contributed by atoms with van der Waals surface area (Å²) in [6, 6.07) is 5.16. The second-order valence-electron chi connectivity index (χ2n) is 8.71. The van der Waals surface area contributed by atoms with Crippen LogP contribution in [-0.4, -0.2) is 46.6 Å². The number of ether oxygens (including phenoxy) is 1. The smallest absolute Gasteiger partial charge is 0.411 e. The minimum atomic E-state index is -0.588. The van der Waals surface area contributed by atoms with Gasteiger partial charge >= 0.3 is 12.1 Å². The van der Waals surface area contributed by atoms with E-state index in [-0.39, 0.29) is 24.5 Å². The van der Waals surface area contributed by atoms with Gasteiger partial charge in [-0.3, -0.25) is 24.9 Å². The molecule has 0 saturated carbocycles. The van der Waals surface area contributed by atoms with Gasteiger partial charge in [0.15, 0.2) is 0 Å². The lowest BCUT2D eigenvalue weighted by Crippen LogP contribution is -2.49. The summed E-state index contributed by atoms with van der Waals surface area (Å²) in [6.45, 7) is 6.30. The lowest BCUT2D eigenvalue weighted by molar-refractivity contribution is -0.120. The second-order valence-corrected chi connectivity index (χ2v) is 8.71. The molecule has 0 bridgehead atoms. The van der Waals surface area contributed by atoms with Crippen LogP contribution in [0.1, 0.15) is 45.2 Å². The van der Waals surface area contributed by atoms with Crippen molar-refractivity contribution in [3.63, 3.8) is 0 Å². The summed E-state index contributed by atoms with van der Waals surface area (Å²) >= 11 is 0. The van der Waals surface area contributed by atoms with E-state index in [2.05, 4.69) is 16.4 Å². The van der Waals surface area contributed by atoms with Crippen molar-refractivity contribution in [2.24, 2.45) is 0 Å². The number of aromatic nitrogens is 1. The van der Waals surface area contributed by atoms with Crippen molar-refractivity contribution >= 4 is 34.5 Å². The number of pyridine rings is 1. The van der Waals surface area contributed by atoms with E-state index in [0.717, 1.165) is 16.3 Å². The summed E-state index contributed by atoms with van der Waals surface area (Å²) in [5.41, 5.74) is 0.991. The number of rotatable bonds is 2. The van der Waals surface area contributed by atoms with E-state index in [1.807, 2.05) is 45.0 Å². The Morgan fingerprint density at radius 1 is 1.16 bits per heavy atom. The Hall–Kier alpha value is -3.42. The number of hydrogen-bond donors (Lipinski definition) is 1. The van der Waals surface area contributed by atoms with Gasteiger partial charge in [-0.2, -0.15) is 0 Å². The van der Waals surface area contributed by atoms with Crippen LogP contribution in [0.5, 0.6) is 0 Å². The van der Waals surface area contributed by atoms with Crippen molar-refractivity contribution < 1.29 is 19.1 Å². The summed E-state index contributed by atoms with van der Waals surface area (Å²) < 4.78 is 5.63. The largest absolute Gasteiger partial charge is 0.444 e. The maximum atomic E-state index is 12.9. The van der Waals surface area contributed by atoms with Gasteiger partial charge in [0, 0.05) is 36.5 Å². The zero-order valence-corrected chi connectivity index (χ0v) is 17.9. The molecule has 1 atom stereocenters. The first kappa shape index (κ1) is 20.8. The van der Waals surface area contributed by atoms with E-state index in [0.29, 0.717) is 25.2 Å². The summed E-state index contributed by atoms with van der Waals surface area (Å²) in [7, 11) is 0. The Kier molecular flexibility index (Phi) is 5.39. The second kappa shape index (κ2) is 8.02. The third kappa shape index (κ3) is 4.23. The fourth-order valence-electron chi connectivity index (χ4n) is 3.99. The minimum absolute atomic E-state index is 0.211. The molecule has 162 valence electrons. The van der Waals surface area contributed by atoms with Crippen molar-refractivity contribution in [3.8, 4) is 0 Å². The number of fused-ring (bicyclic) bond motifs is 1. The van der Waals surface area contributed by atoms with Gasteiger partial charge in [0.2, 0.25) is 5.91 Å². The van der Waals surface area contributed by atoms with Gasteiger partial charge in [-0.15, -0.1) is 0 Å². The number of anilines is 1. The van der Waals surface area contributed by atoms with Crippen molar-refractivity contribution in [1.82, 2.24) is 15.2 Å². The molecule has 1 N–H and O–H groups in total. The van der Waals surface area contributed by atoms with Crippen LogP contribution in [-0.2, 0) is 9.53 Å². The standard InChI is InChI=1S/C23H26N4O4/c1-23(2,3)31-22(30)27-11-5-4-9-18(27)15-7-6-8-16-17(15)13-24-14-19(16)26-12-10-20(28)25-21(26)29/h4-8,13-14,18H,9-12H2,1-3H3,(H,25,28,29). The number of nitrogens with zero attached hydrogens (tertiary/aromatic N) is 3. The van der Waals surface area contributed by atoms with E-state index in [1.54, 1.807) is 17.3 Å². The maximum Gasteiger partial charge on any atom is 0.411 e. The normalized spacial score (nSPS) is 19.5. The molecule has 8 heteroatoms. The number of urea groups is 1. The van der Waals surface area contributed by atoms with Gasteiger partial charge in [0.25, 0.3) is 0 Å². The molecule has 0 aliphatic carbocycles. The Morgan fingerprint density at radius 3 is 2.71 bits per heavy atom. The monoisotopic (exact) mass is 422 g/mol. The van der Waals surface area contributed by atoms with Gasteiger partial charge in [-0.25, -0.2) is 9.59 Å². The fraction of sp³-hybridized carbons (Fsp3) is 0.391. The molecule has 1 saturated heterocycles. The lowest BCUT2D eigenvalue weighted by atomic mass is 9.94. The molecule has 0 spiro atoms. The number of hydrogen-bond acceptors (Lipinski definition) is 5. The zero-order chi connectivity index (χ0) is 22.2. The summed E-state index contributed by atoms with van der Waals surface area (Å²) in [6.07, 6.45) is 7.94. The number of nitrogens with one attached hydrogen (secondary N) is 1. The van der Waals surface area contributed by atoms with Crippen LogP contribution in [0.15, 0.2) is 42.7 Å². The third-order valence-electron chi connectivity index (χ3n) is 5.35. The molecule has 31 heavy (non-hydrogen) atoms. The summed E-state index contributed by atoms with van der Waals surface area (Å²) in [5.74, 6) is -0.280. The molecule has 2 aliphatic heterocycles. The highest BCUT2D eigenvalue weighted by atomic mass is 16.6. The molecule has 1 aromatic carbocycles. The summed E-state index contributed by atoms with van der Waals surface area (Å²) in [5, 5.41) is 4.06. The van der Waals surface area contributed by atoms with E-state index in [4.69, 9.17) is 4.74 Å². The molecule has 1 aromatic heterocycles. The molecular weight excluding hydrogens is 396 g/mol. The predicted molar refractivity (Wildman–Crippen MR) is 117 cm³/mol. The van der Waals surface area contributed by atoms with Crippen LogP contribution in [0, 0.1) is 0 Å². The van der Waals surface area contributed by atoms with E-state index < -0.39 is 11.6 Å². The minimum Gasteiger partial charge on any atom is -0.444 e. The van der Waals surface area contributed by atoms with Crippen LogP contribution in [0.2, 0.25) is 0 Å². The Balaban J connectivity index is 1.74. The molecule has 4 rings (SSSR count). The number of amides is 4. The predicted octanol–water partition coefficient (Wildman–Crippen LogP) is 3.92. The molecule has 8 nitrogen and oxygen atoms in total.